The standard InChI is InChI=1S/C11H14N4O.ClH/c1-9-8-15(11(16)14(9)2)13-7-10-4-3-5-12-6-10;/h3-7,9H,8H2,1-2H3;1H/b13-7+;. The van der Waals surface area contributed by atoms with Gasteiger partial charge in [0.1, 0.15) is 0 Å². The number of hydrogen-bond acceptors (Lipinski definition) is 3. The van der Waals surface area contributed by atoms with Crippen LogP contribution in [0.4, 0.5) is 4.79 Å². The molecule has 1 atom stereocenters. The lowest BCUT2D eigenvalue weighted by Gasteiger charge is -2.11. The summed E-state index contributed by atoms with van der Waals surface area (Å²) in [6.07, 6.45) is 5.06. The maximum Gasteiger partial charge on any atom is 0.340 e. The van der Waals surface area contributed by atoms with Gasteiger partial charge in [0.2, 0.25) is 0 Å². The predicted molar refractivity (Wildman–Crippen MR) is 68.4 cm³/mol. The minimum atomic E-state index is -0.0624. The number of pyridine rings is 1. The first-order chi connectivity index (χ1) is 7.68. The zero-order valence-corrected chi connectivity index (χ0v) is 10.6. The van der Waals surface area contributed by atoms with Gasteiger partial charge in [0.05, 0.1) is 18.8 Å². The van der Waals surface area contributed by atoms with Crippen LogP contribution in [0.1, 0.15) is 12.5 Å². The van der Waals surface area contributed by atoms with Gasteiger partial charge in [-0.2, -0.15) is 5.10 Å². The summed E-state index contributed by atoms with van der Waals surface area (Å²) >= 11 is 0. The van der Waals surface area contributed by atoms with Crippen LogP contribution in [0.25, 0.3) is 0 Å². The zero-order chi connectivity index (χ0) is 11.5. The molecule has 5 nitrogen and oxygen atoms in total. The summed E-state index contributed by atoms with van der Waals surface area (Å²) in [5.74, 6) is 0. The third kappa shape index (κ3) is 2.94. The molecular weight excluding hydrogens is 240 g/mol. The fraction of sp³-hybridized carbons (Fsp3) is 0.364. The number of aromatic nitrogens is 1. The number of likely N-dealkylation sites (N-methyl/N-ethyl adjacent to an activating group) is 1. The molecule has 0 spiro atoms. The third-order valence-electron chi connectivity index (χ3n) is 2.65. The first kappa shape index (κ1) is 13.4. The molecule has 0 aliphatic carbocycles. The molecule has 2 rings (SSSR count). The third-order valence-corrected chi connectivity index (χ3v) is 2.65. The van der Waals surface area contributed by atoms with Gasteiger partial charge in [0.25, 0.3) is 0 Å². The predicted octanol–water partition coefficient (Wildman–Crippen LogP) is 1.59. The average molecular weight is 255 g/mol. The Morgan fingerprint density at radius 2 is 2.35 bits per heavy atom. The molecule has 1 aromatic heterocycles. The van der Waals surface area contributed by atoms with Gasteiger partial charge in [-0.3, -0.25) is 4.98 Å². The molecule has 6 heteroatoms. The second kappa shape index (κ2) is 5.63. The van der Waals surface area contributed by atoms with Crippen LogP contribution < -0.4 is 0 Å². The Hall–Kier alpha value is -1.62. The van der Waals surface area contributed by atoms with E-state index in [1.807, 2.05) is 19.1 Å². The van der Waals surface area contributed by atoms with Crippen molar-refractivity contribution in [1.82, 2.24) is 14.9 Å². The Morgan fingerprint density at radius 3 is 2.88 bits per heavy atom. The molecule has 0 bridgehead atoms. The van der Waals surface area contributed by atoms with Crippen molar-refractivity contribution in [3.63, 3.8) is 0 Å². The molecule has 1 aliphatic rings. The fourth-order valence-corrected chi connectivity index (χ4v) is 1.51. The molecule has 0 N–H and O–H groups in total. The second-order valence-electron chi connectivity index (χ2n) is 3.86. The summed E-state index contributed by atoms with van der Waals surface area (Å²) in [5, 5.41) is 5.62. The maximum absolute atomic E-state index is 11.7. The zero-order valence-electron chi connectivity index (χ0n) is 9.78. The topological polar surface area (TPSA) is 48.8 Å². The monoisotopic (exact) mass is 254 g/mol. The Kier molecular flexibility index (Phi) is 4.45. The molecule has 17 heavy (non-hydrogen) atoms. The Morgan fingerprint density at radius 1 is 1.59 bits per heavy atom. The van der Waals surface area contributed by atoms with Crippen molar-refractivity contribution < 1.29 is 4.79 Å². The van der Waals surface area contributed by atoms with E-state index in [1.165, 1.54) is 5.01 Å². The minimum Gasteiger partial charge on any atom is -0.322 e. The van der Waals surface area contributed by atoms with Crippen molar-refractivity contribution in [3.05, 3.63) is 30.1 Å². The molecule has 0 aromatic carbocycles. The second-order valence-corrected chi connectivity index (χ2v) is 3.86. The van der Waals surface area contributed by atoms with Crippen LogP contribution in [0.5, 0.6) is 0 Å². The summed E-state index contributed by atoms with van der Waals surface area (Å²) in [4.78, 5) is 17.3. The Labute approximate surface area is 107 Å². The molecule has 2 amide bonds. The quantitative estimate of drug-likeness (QED) is 0.753. The molecule has 2 heterocycles. The highest BCUT2D eigenvalue weighted by Crippen LogP contribution is 2.13. The number of carbonyl (C=O) groups excluding carboxylic acids is 1. The number of carbonyl (C=O) groups is 1. The fourth-order valence-electron chi connectivity index (χ4n) is 1.51. The van der Waals surface area contributed by atoms with Crippen LogP contribution in [0.2, 0.25) is 0 Å². The van der Waals surface area contributed by atoms with Crippen molar-refractivity contribution in [1.29, 1.82) is 0 Å². The van der Waals surface area contributed by atoms with Crippen molar-refractivity contribution in [3.8, 4) is 0 Å². The average Bonchev–Trinajstić information content (AvgIpc) is 2.56. The van der Waals surface area contributed by atoms with Crippen LogP contribution in [-0.2, 0) is 0 Å². The number of urea groups is 1. The van der Waals surface area contributed by atoms with Crippen molar-refractivity contribution in [2.24, 2.45) is 5.10 Å². The smallest absolute Gasteiger partial charge is 0.322 e. The van der Waals surface area contributed by atoms with E-state index in [-0.39, 0.29) is 24.5 Å². The van der Waals surface area contributed by atoms with E-state index in [0.29, 0.717) is 6.54 Å². The molecule has 1 aliphatic heterocycles. The van der Waals surface area contributed by atoms with Gasteiger partial charge in [-0.15, -0.1) is 12.4 Å². The molecule has 1 saturated heterocycles. The largest absolute Gasteiger partial charge is 0.340 e. The summed E-state index contributed by atoms with van der Waals surface area (Å²) in [6, 6.07) is 3.87. The minimum absolute atomic E-state index is 0. The van der Waals surface area contributed by atoms with Gasteiger partial charge in [-0.1, -0.05) is 6.07 Å². The molecule has 1 aromatic rings. The van der Waals surface area contributed by atoms with Crippen LogP contribution >= 0.6 is 12.4 Å². The van der Waals surface area contributed by atoms with Crippen molar-refractivity contribution in [2.45, 2.75) is 13.0 Å². The van der Waals surface area contributed by atoms with Gasteiger partial charge in [0, 0.05) is 25.0 Å². The lowest BCUT2D eigenvalue weighted by atomic mass is 10.3. The summed E-state index contributed by atoms with van der Waals surface area (Å²) in [5.41, 5.74) is 0.887. The summed E-state index contributed by atoms with van der Waals surface area (Å²) in [7, 11) is 1.78. The van der Waals surface area contributed by atoms with Gasteiger partial charge in [-0.25, -0.2) is 9.80 Å². The lowest BCUT2D eigenvalue weighted by Crippen LogP contribution is -2.28. The van der Waals surface area contributed by atoms with Crippen LogP contribution in [0.15, 0.2) is 29.6 Å². The molecular formula is C11H15ClN4O. The highest BCUT2D eigenvalue weighted by Gasteiger charge is 2.31. The first-order valence-electron chi connectivity index (χ1n) is 5.17. The van der Waals surface area contributed by atoms with Crippen LogP contribution in [0, 0.1) is 0 Å². The van der Waals surface area contributed by atoms with Gasteiger partial charge in [-0.05, 0) is 13.0 Å². The van der Waals surface area contributed by atoms with Crippen LogP contribution in [-0.4, -0.2) is 46.8 Å². The molecule has 0 saturated carbocycles. The Balaban J connectivity index is 0.00000144. The number of halogens is 1. The number of amides is 2. The van der Waals surface area contributed by atoms with Crippen molar-refractivity contribution in [2.75, 3.05) is 13.6 Å². The van der Waals surface area contributed by atoms with E-state index in [2.05, 4.69) is 10.1 Å². The van der Waals surface area contributed by atoms with Crippen LogP contribution in [0.3, 0.4) is 0 Å². The van der Waals surface area contributed by atoms with E-state index >= 15 is 0 Å². The summed E-state index contributed by atoms with van der Waals surface area (Å²) < 4.78 is 0. The number of nitrogens with zero attached hydrogens (tertiary/aromatic N) is 4. The number of hydrogen-bond donors (Lipinski definition) is 0. The van der Waals surface area contributed by atoms with Gasteiger partial charge < -0.3 is 4.90 Å². The van der Waals surface area contributed by atoms with E-state index in [9.17, 15) is 4.79 Å². The molecule has 92 valence electrons. The highest BCUT2D eigenvalue weighted by atomic mass is 35.5. The highest BCUT2D eigenvalue weighted by molar-refractivity contribution is 5.85. The number of rotatable bonds is 2. The van der Waals surface area contributed by atoms with E-state index in [0.717, 1.165) is 5.56 Å². The molecule has 1 unspecified atom stereocenters. The first-order valence-corrected chi connectivity index (χ1v) is 5.17. The number of hydrazone groups is 1. The summed E-state index contributed by atoms with van der Waals surface area (Å²) in [6.45, 7) is 2.63. The Bertz CT molecular complexity index is 409. The molecule has 0 radical (unpaired) electrons. The lowest BCUT2D eigenvalue weighted by molar-refractivity contribution is 0.197. The van der Waals surface area contributed by atoms with E-state index < -0.39 is 0 Å². The molecule has 1 fully saturated rings. The van der Waals surface area contributed by atoms with E-state index in [1.54, 1.807) is 30.6 Å². The normalized spacial score (nSPS) is 19.9. The SMILES string of the molecule is CC1CN(/N=C/c2cccnc2)C(=O)N1C.Cl. The van der Waals surface area contributed by atoms with Gasteiger partial charge >= 0.3 is 6.03 Å². The van der Waals surface area contributed by atoms with Crippen molar-refractivity contribution >= 4 is 24.7 Å². The van der Waals surface area contributed by atoms with Gasteiger partial charge in [0.15, 0.2) is 0 Å². The maximum atomic E-state index is 11.7. The van der Waals surface area contributed by atoms with E-state index in [4.69, 9.17) is 0 Å².